The number of nitrogens with zero attached hydrogens (tertiary/aromatic N) is 1. The highest BCUT2D eigenvalue weighted by Gasteiger charge is 2.49. The summed E-state index contributed by atoms with van der Waals surface area (Å²) in [5.41, 5.74) is 1.05. The fourth-order valence-corrected chi connectivity index (χ4v) is 5.41. The Bertz CT molecular complexity index is 767. The second kappa shape index (κ2) is 8.06. The van der Waals surface area contributed by atoms with E-state index in [0.717, 1.165) is 37.4 Å². The molecule has 0 saturated carbocycles. The maximum absolute atomic E-state index is 12.9. The lowest BCUT2D eigenvalue weighted by molar-refractivity contribution is -0.125. The summed E-state index contributed by atoms with van der Waals surface area (Å²) in [6.45, 7) is 2.68. The zero-order valence-electron chi connectivity index (χ0n) is 16.0. The van der Waals surface area contributed by atoms with Crippen molar-refractivity contribution in [2.75, 3.05) is 44.4 Å². The monoisotopic (exact) mass is 395 g/mol. The fourth-order valence-electron chi connectivity index (χ4n) is 4.07. The van der Waals surface area contributed by atoms with E-state index >= 15 is 0 Å². The number of ether oxygens (including phenoxy) is 1. The third-order valence-electron chi connectivity index (χ3n) is 5.79. The van der Waals surface area contributed by atoms with E-state index in [4.69, 9.17) is 4.74 Å². The largest absolute Gasteiger partial charge is 0.495 e. The maximum Gasteiger partial charge on any atom is 0.241 e. The van der Waals surface area contributed by atoms with Gasteiger partial charge in [-0.05, 0) is 50.9 Å². The summed E-state index contributed by atoms with van der Waals surface area (Å²) in [5.74, 6) is 0.507. The maximum atomic E-state index is 12.9. The summed E-state index contributed by atoms with van der Waals surface area (Å²) in [7, 11) is -1.82. The van der Waals surface area contributed by atoms with Crippen LogP contribution in [0.15, 0.2) is 24.3 Å². The highest BCUT2D eigenvalue weighted by Crippen LogP contribution is 2.31. The van der Waals surface area contributed by atoms with E-state index in [1.165, 1.54) is 6.26 Å². The van der Waals surface area contributed by atoms with Gasteiger partial charge in [-0.2, -0.15) is 0 Å². The molecule has 0 radical (unpaired) electrons. The van der Waals surface area contributed by atoms with Gasteiger partial charge in [0.05, 0.1) is 12.8 Å². The first kappa shape index (κ1) is 19.9. The Morgan fingerprint density at radius 1 is 1.22 bits per heavy atom. The van der Waals surface area contributed by atoms with Crippen molar-refractivity contribution in [2.24, 2.45) is 0 Å². The van der Waals surface area contributed by atoms with Crippen molar-refractivity contribution in [2.45, 2.75) is 36.5 Å². The smallest absolute Gasteiger partial charge is 0.241 e. The SMILES string of the molecule is COc1ccccc1N1CCC(NC(=O)C2(S(C)(=O)=O)CCNCC2)CC1. The Balaban J connectivity index is 1.64. The summed E-state index contributed by atoms with van der Waals surface area (Å²) >= 11 is 0. The van der Waals surface area contributed by atoms with Crippen LogP contribution in [0.2, 0.25) is 0 Å². The van der Waals surface area contributed by atoms with Crippen LogP contribution in [0, 0.1) is 0 Å². The molecule has 1 aromatic carbocycles. The molecule has 27 heavy (non-hydrogen) atoms. The van der Waals surface area contributed by atoms with Gasteiger partial charge in [0.2, 0.25) is 5.91 Å². The molecule has 7 nitrogen and oxygen atoms in total. The lowest BCUT2D eigenvalue weighted by Gasteiger charge is -2.38. The average Bonchev–Trinajstić information content (AvgIpc) is 2.68. The zero-order valence-corrected chi connectivity index (χ0v) is 16.8. The van der Waals surface area contributed by atoms with Crippen molar-refractivity contribution in [1.29, 1.82) is 0 Å². The summed E-state index contributed by atoms with van der Waals surface area (Å²) in [5, 5.41) is 6.17. The molecule has 0 spiro atoms. The number of carbonyl (C=O) groups excluding carboxylic acids is 1. The quantitative estimate of drug-likeness (QED) is 0.772. The highest BCUT2D eigenvalue weighted by atomic mass is 32.2. The molecule has 1 aromatic rings. The van der Waals surface area contributed by atoms with Crippen LogP contribution in [-0.2, 0) is 14.6 Å². The van der Waals surface area contributed by atoms with Gasteiger partial charge in [0.1, 0.15) is 5.75 Å². The average molecular weight is 396 g/mol. The lowest BCUT2D eigenvalue weighted by atomic mass is 9.94. The van der Waals surface area contributed by atoms with E-state index in [2.05, 4.69) is 15.5 Å². The molecule has 2 aliphatic heterocycles. The molecule has 2 aliphatic rings. The number of piperidine rings is 2. The number of anilines is 1. The van der Waals surface area contributed by atoms with Crippen LogP contribution >= 0.6 is 0 Å². The number of carbonyl (C=O) groups is 1. The molecule has 2 fully saturated rings. The van der Waals surface area contributed by atoms with E-state index in [9.17, 15) is 13.2 Å². The number of sulfone groups is 1. The van der Waals surface area contributed by atoms with E-state index < -0.39 is 14.6 Å². The summed E-state index contributed by atoms with van der Waals surface area (Å²) in [6.07, 6.45) is 3.40. The van der Waals surface area contributed by atoms with Crippen LogP contribution in [-0.4, -0.2) is 64.7 Å². The van der Waals surface area contributed by atoms with Crippen LogP contribution in [0.4, 0.5) is 5.69 Å². The first-order valence-corrected chi connectivity index (χ1v) is 11.4. The molecule has 0 aromatic heterocycles. The molecule has 0 atom stereocenters. The standard InChI is InChI=1S/C19H29N3O4S/c1-26-17-6-4-3-5-16(17)22-13-7-15(8-14-22)21-18(23)19(27(2,24)25)9-11-20-12-10-19/h3-6,15,20H,7-14H2,1-2H3,(H,21,23). The highest BCUT2D eigenvalue weighted by molar-refractivity contribution is 7.92. The molecular formula is C19H29N3O4S. The van der Waals surface area contributed by atoms with Crippen LogP contribution in [0.5, 0.6) is 5.75 Å². The Morgan fingerprint density at radius 3 is 2.44 bits per heavy atom. The molecule has 2 saturated heterocycles. The molecule has 0 bridgehead atoms. The molecular weight excluding hydrogens is 366 g/mol. The zero-order chi connectivity index (χ0) is 19.5. The van der Waals surface area contributed by atoms with E-state index in [-0.39, 0.29) is 11.9 Å². The molecule has 3 rings (SSSR count). The van der Waals surface area contributed by atoms with Gasteiger partial charge >= 0.3 is 0 Å². The molecule has 1 amide bonds. The van der Waals surface area contributed by atoms with Gasteiger partial charge in [0, 0.05) is 25.4 Å². The second-order valence-corrected chi connectivity index (χ2v) is 9.75. The predicted molar refractivity (Wildman–Crippen MR) is 106 cm³/mol. The molecule has 2 heterocycles. The minimum Gasteiger partial charge on any atom is -0.495 e. The number of hydrogen-bond acceptors (Lipinski definition) is 6. The van der Waals surface area contributed by atoms with E-state index in [1.54, 1.807) is 7.11 Å². The van der Waals surface area contributed by atoms with Crippen molar-refractivity contribution in [3.63, 3.8) is 0 Å². The van der Waals surface area contributed by atoms with Crippen molar-refractivity contribution in [3.05, 3.63) is 24.3 Å². The number of nitrogens with one attached hydrogen (secondary N) is 2. The van der Waals surface area contributed by atoms with Gasteiger partial charge < -0.3 is 20.3 Å². The normalized spacial score (nSPS) is 20.9. The number of hydrogen-bond donors (Lipinski definition) is 2. The summed E-state index contributed by atoms with van der Waals surface area (Å²) < 4.78 is 28.9. The number of rotatable bonds is 5. The van der Waals surface area contributed by atoms with E-state index in [0.29, 0.717) is 25.9 Å². The Kier molecular flexibility index (Phi) is 5.95. The Labute approximate surface area is 161 Å². The van der Waals surface area contributed by atoms with Gasteiger partial charge in [0.25, 0.3) is 0 Å². The van der Waals surface area contributed by atoms with Crippen LogP contribution < -0.4 is 20.3 Å². The first-order chi connectivity index (χ1) is 12.9. The Hall–Kier alpha value is -1.80. The van der Waals surface area contributed by atoms with Crippen LogP contribution in [0.3, 0.4) is 0 Å². The fraction of sp³-hybridized carbons (Fsp3) is 0.632. The van der Waals surface area contributed by atoms with Crippen molar-refractivity contribution >= 4 is 21.4 Å². The van der Waals surface area contributed by atoms with Gasteiger partial charge in [0.15, 0.2) is 14.6 Å². The number of amides is 1. The summed E-state index contributed by atoms with van der Waals surface area (Å²) in [4.78, 5) is 15.2. The van der Waals surface area contributed by atoms with Crippen LogP contribution in [0.25, 0.3) is 0 Å². The third kappa shape index (κ3) is 4.06. The third-order valence-corrected chi connectivity index (χ3v) is 7.80. The first-order valence-electron chi connectivity index (χ1n) is 9.47. The molecule has 8 heteroatoms. The number of methoxy groups -OCH3 is 1. The number of benzene rings is 1. The predicted octanol–water partition coefficient (Wildman–Crippen LogP) is 0.947. The second-order valence-electron chi connectivity index (χ2n) is 7.42. The molecule has 150 valence electrons. The van der Waals surface area contributed by atoms with Gasteiger partial charge in [-0.3, -0.25) is 4.79 Å². The Morgan fingerprint density at radius 2 is 1.85 bits per heavy atom. The molecule has 0 aliphatic carbocycles. The lowest BCUT2D eigenvalue weighted by Crippen LogP contribution is -2.59. The molecule has 0 unspecified atom stereocenters. The van der Waals surface area contributed by atoms with Gasteiger partial charge in [-0.25, -0.2) is 8.42 Å². The van der Waals surface area contributed by atoms with Crippen molar-refractivity contribution in [1.82, 2.24) is 10.6 Å². The van der Waals surface area contributed by atoms with Gasteiger partial charge in [-0.1, -0.05) is 12.1 Å². The van der Waals surface area contributed by atoms with Crippen LogP contribution in [0.1, 0.15) is 25.7 Å². The minimum atomic E-state index is -3.48. The van der Waals surface area contributed by atoms with Gasteiger partial charge in [-0.15, -0.1) is 0 Å². The topological polar surface area (TPSA) is 87.7 Å². The van der Waals surface area contributed by atoms with Crippen molar-refractivity contribution < 1.29 is 17.9 Å². The number of para-hydroxylation sites is 2. The minimum absolute atomic E-state index is 0.00281. The summed E-state index contributed by atoms with van der Waals surface area (Å²) in [6, 6.07) is 7.90. The molecule has 2 N–H and O–H groups in total. The van der Waals surface area contributed by atoms with E-state index in [1.807, 2.05) is 24.3 Å². The van der Waals surface area contributed by atoms with Crippen molar-refractivity contribution in [3.8, 4) is 5.75 Å².